The van der Waals surface area contributed by atoms with E-state index in [9.17, 15) is 8.42 Å². The van der Waals surface area contributed by atoms with Crippen LogP contribution in [0.4, 0.5) is 0 Å². The first kappa shape index (κ1) is 15.3. The maximum absolute atomic E-state index is 12.5. The molecule has 0 unspecified atom stereocenters. The van der Waals surface area contributed by atoms with Gasteiger partial charge in [0.05, 0.1) is 12.0 Å². The summed E-state index contributed by atoms with van der Waals surface area (Å²) in [6.45, 7) is 3.73. The molecule has 0 aliphatic heterocycles. The zero-order valence-electron chi connectivity index (χ0n) is 12.4. The van der Waals surface area contributed by atoms with Crippen molar-refractivity contribution in [3.8, 4) is 5.75 Å². The Hall–Kier alpha value is -1.07. The first-order valence-corrected chi connectivity index (χ1v) is 8.60. The van der Waals surface area contributed by atoms with Crippen molar-refractivity contribution < 1.29 is 13.2 Å². The molecule has 1 fully saturated rings. The van der Waals surface area contributed by atoms with Crippen LogP contribution < -0.4 is 9.46 Å². The molecular weight excluding hydrogens is 274 g/mol. The maximum atomic E-state index is 12.5. The molecule has 0 saturated heterocycles. The monoisotopic (exact) mass is 297 g/mol. The van der Waals surface area contributed by atoms with Crippen LogP contribution in [0.5, 0.6) is 5.75 Å². The van der Waals surface area contributed by atoms with Gasteiger partial charge in [-0.2, -0.15) is 0 Å². The van der Waals surface area contributed by atoms with Crippen LogP contribution in [0.25, 0.3) is 0 Å². The summed E-state index contributed by atoms with van der Waals surface area (Å²) in [7, 11) is -1.83. The molecule has 1 aliphatic rings. The van der Waals surface area contributed by atoms with Gasteiger partial charge < -0.3 is 4.74 Å². The Morgan fingerprint density at radius 3 is 2.15 bits per heavy atom. The van der Waals surface area contributed by atoms with Crippen LogP contribution in [0.3, 0.4) is 0 Å². The fourth-order valence-electron chi connectivity index (χ4n) is 2.90. The fourth-order valence-corrected chi connectivity index (χ4v) is 4.37. The largest absolute Gasteiger partial charge is 0.496 e. The maximum Gasteiger partial charge on any atom is 0.240 e. The number of rotatable bonds is 4. The Morgan fingerprint density at radius 2 is 1.65 bits per heavy atom. The van der Waals surface area contributed by atoms with Gasteiger partial charge in [-0.3, -0.25) is 0 Å². The molecule has 0 radical (unpaired) electrons. The lowest BCUT2D eigenvalue weighted by Crippen LogP contribution is -2.36. The molecule has 0 aromatic heterocycles. The molecule has 1 aromatic rings. The van der Waals surface area contributed by atoms with Crippen LogP contribution in [0.2, 0.25) is 0 Å². The number of benzene rings is 1. The van der Waals surface area contributed by atoms with E-state index in [1.54, 1.807) is 19.2 Å². The van der Waals surface area contributed by atoms with Gasteiger partial charge in [-0.05, 0) is 49.9 Å². The van der Waals surface area contributed by atoms with Crippen LogP contribution >= 0.6 is 0 Å². The molecule has 0 heterocycles. The van der Waals surface area contributed by atoms with Gasteiger partial charge >= 0.3 is 0 Å². The van der Waals surface area contributed by atoms with Crippen molar-refractivity contribution in [3.63, 3.8) is 0 Å². The first-order valence-electron chi connectivity index (χ1n) is 7.11. The topological polar surface area (TPSA) is 55.4 Å². The number of nitrogens with one attached hydrogen (secondary N) is 1. The number of hydrogen-bond acceptors (Lipinski definition) is 3. The third-order valence-corrected chi connectivity index (χ3v) is 5.38. The van der Waals surface area contributed by atoms with Gasteiger partial charge in [0.2, 0.25) is 10.0 Å². The summed E-state index contributed by atoms with van der Waals surface area (Å²) in [6, 6.07) is 3.44. The number of hydrogen-bond donors (Lipinski definition) is 1. The van der Waals surface area contributed by atoms with Crippen LogP contribution in [0.15, 0.2) is 17.0 Å². The minimum Gasteiger partial charge on any atom is -0.496 e. The Balaban J connectivity index is 2.25. The van der Waals surface area contributed by atoms with Crippen LogP contribution in [-0.2, 0) is 10.0 Å². The Labute approximate surface area is 121 Å². The Kier molecular flexibility index (Phi) is 4.70. The summed E-state index contributed by atoms with van der Waals surface area (Å²) < 4.78 is 33.0. The fraction of sp³-hybridized carbons (Fsp3) is 0.600. The Morgan fingerprint density at radius 1 is 1.10 bits per heavy atom. The summed E-state index contributed by atoms with van der Waals surface area (Å²) >= 11 is 0. The lowest BCUT2D eigenvalue weighted by Gasteiger charge is -2.23. The third-order valence-electron chi connectivity index (χ3n) is 3.88. The summed E-state index contributed by atoms with van der Waals surface area (Å²) in [5.41, 5.74) is 1.69. The van der Waals surface area contributed by atoms with Crippen molar-refractivity contribution in [2.45, 2.75) is 56.9 Å². The van der Waals surface area contributed by atoms with Crippen LogP contribution in [0, 0.1) is 13.8 Å². The SMILES string of the molecule is COc1c(C)cc(S(=O)(=O)NC2CCCCC2)cc1C. The summed E-state index contributed by atoms with van der Waals surface area (Å²) in [6.07, 6.45) is 5.29. The molecule has 0 amide bonds. The molecule has 112 valence electrons. The van der Waals surface area contributed by atoms with Crippen molar-refractivity contribution in [2.24, 2.45) is 0 Å². The number of methoxy groups -OCH3 is 1. The smallest absolute Gasteiger partial charge is 0.240 e. The molecule has 0 bridgehead atoms. The molecule has 1 N–H and O–H groups in total. The molecule has 4 nitrogen and oxygen atoms in total. The van der Waals surface area contributed by atoms with Gasteiger partial charge in [-0.15, -0.1) is 0 Å². The standard InChI is InChI=1S/C15H23NO3S/c1-11-9-14(10-12(2)15(11)19-3)20(17,18)16-13-7-5-4-6-8-13/h9-10,13,16H,4-8H2,1-3H3. The van der Waals surface area contributed by atoms with Crippen molar-refractivity contribution in [2.75, 3.05) is 7.11 Å². The summed E-state index contributed by atoms with van der Waals surface area (Å²) in [5.74, 6) is 0.751. The van der Waals surface area contributed by atoms with Gasteiger partial charge in [0.1, 0.15) is 5.75 Å². The highest BCUT2D eigenvalue weighted by atomic mass is 32.2. The third kappa shape index (κ3) is 3.33. The van der Waals surface area contributed by atoms with E-state index in [1.807, 2.05) is 13.8 Å². The normalized spacial score (nSPS) is 17.1. The molecule has 0 atom stereocenters. The molecule has 20 heavy (non-hydrogen) atoms. The Bertz CT molecular complexity index is 552. The molecule has 1 aliphatic carbocycles. The average Bonchev–Trinajstić information content (AvgIpc) is 2.39. The van der Waals surface area contributed by atoms with Gasteiger partial charge in [0.15, 0.2) is 0 Å². The molecule has 0 spiro atoms. The van der Waals surface area contributed by atoms with Crippen LogP contribution in [0.1, 0.15) is 43.2 Å². The lowest BCUT2D eigenvalue weighted by atomic mass is 9.96. The highest BCUT2D eigenvalue weighted by molar-refractivity contribution is 7.89. The molecule has 1 aromatic carbocycles. The molecule has 5 heteroatoms. The van der Waals surface area contributed by atoms with E-state index in [0.29, 0.717) is 4.90 Å². The molecular formula is C15H23NO3S. The van der Waals surface area contributed by atoms with E-state index in [-0.39, 0.29) is 6.04 Å². The highest BCUT2D eigenvalue weighted by Crippen LogP contribution is 2.27. The van der Waals surface area contributed by atoms with Crippen molar-refractivity contribution in [1.82, 2.24) is 4.72 Å². The summed E-state index contributed by atoms with van der Waals surface area (Å²) in [4.78, 5) is 0.332. The number of sulfonamides is 1. The van der Waals surface area contributed by atoms with Gasteiger partial charge in [0, 0.05) is 6.04 Å². The van der Waals surface area contributed by atoms with Gasteiger partial charge in [-0.25, -0.2) is 13.1 Å². The number of aryl methyl sites for hydroxylation is 2. The quantitative estimate of drug-likeness (QED) is 0.929. The average molecular weight is 297 g/mol. The zero-order valence-corrected chi connectivity index (χ0v) is 13.2. The predicted octanol–water partition coefficient (Wildman–Crippen LogP) is 2.92. The minimum absolute atomic E-state index is 0.0801. The van der Waals surface area contributed by atoms with Crippen molar-refractivity contribution in [1.29, 1.82) is 0 Å². The molecule has 1 saturated carbocycles. The van der Waals surface area contributed by atoms with E-state index < -0.39 is 10.0 Å². The van der Waals surface area contributed by atoms with E-state index in [2.05, 4.69) is 4.72 Å². The van der Waals surface area contributed by atoms with Crippen molar-refractivity contribution in [3.05, 3.63) is 23.3 Å². The minimum atomic E-state index is -3.44. The van der Waals surface area contributed by atoms with E-state index >= 15 is 0 Å². The first-order chi connectivity index (χ1) is 9.44. The summed E-state index contributed by atoms with van der Waals surface area (Å²) in [5, 5.41) is 0. The second kappa shape index (κ2) is 6.14. The molecule has 2 rings (SSSR count). The van der Waals surface area contributed by atoms with Gasteiger partial charge in [0.25, 0.3) is 0 Å². The second-order valence-corrected chi connectivity index (χ2v) is 7.26. The predicted molar refractivity (Wildman–Crippen MR) is 79.7 cm³/mol. The van der Waals surface area contributed by atoms with Gasteiger partial charge in [-0.1, -0.05) is 19.3 Å². The van der Waals surface area contributed by atoms with E-state index in [0.717, 1.165) is 42.6 Å². The van der Waals surface area contributed by atoms with E-state index in [1.165, 1.54) is 6.42 Å². The number of ether oxygens (including phenoxy) is 1. The lowest BCUT2D eigenvalue weighted by molar-refractivity contribution is 0.407. The van der Waals surface area contributed by atoms with Crippen LogP contribution in [-0.4, -0.2) is 21.6 Å². The zero-order chi connectivity index (χ0) is 14.8. The van der Waals surface area contributed by atoms with E-state index in [4.69, 9.17) is 4.74 Å². The second-order valence-electron chi connectivity index (χ2n) is 5.55. The van der Waals surface area contributed by atoms with Crippen molar-refractivity contribution >= 4 is 10.0 Å². The highest BCUT2D eigenvalue weighted by Gasteiger charge is 2.23.